The Labute approximate surface area is 156 Å². The highest BCUT2D eigenvalue weighted by molar-refractivity contribution is 7.12. The van der Waals surface area contributed by atoms with E-state index in [1.54, 1.807) is 11.3 Å². The van der Waals surface area contributed by atoms with E-state index in [2.05, 4.69) is 50.7 Å². The van der Waals surface area contributed by atoms with Gasteiger partial charge in [-0.15, -0.1) is 11.3 Å². The molecular weight excluding hydrogens is 349 g/mol. The molecule has 1 fully saturated rings. The monoisotopic (exact) mass is 371 g/mol. The van der Waals surface area contributed by atoms with E-state index in [0.717, 1.165) is 30.3 Å². The molecule has 136 valence electrons. The van der Waals surface area contributed by atoms with Crippen molar-refractivity contribution < 1.29 is 4.39 Å². The third-order valence-electron chi connectivity index (χ3n) is 4.76. The molecule has 5 nitrogen and oxygen atoms in total. The Balaban J connectivity index is 1.42. The van der Waals surface area contributed by atoms with Crippen LogP contribution in [0.25, 0.3) is 5.13 Å². The Bertz CT molecular complexity index is 830. The second-order valence-corrected chi connectivity index (χ2v) is 7.57. The SMILES string of the molecule is CN(Cc1cccn1-c1nccs1)CC1CNNC1c1ccc(F)cc1. The van der Waals surface area contributed by atoms with Gasteiger partial charge in [0.25, 0.3) is 0 Å². The second-order valence-electron chi connectivity index (χ2n) is 6.70. The lowest BCUT2D eigenvalue weighted by Crippen LogP contribution is -2.30. The number of aromatic nitrogens is 2. The smallest absolute Gasteiger partial charge is 0.193 e. The van der Waals surface area contributed by atoms with Crippen molar-refractivity contribution in [3.8, 4) is 5.13 Å². The van der Waals surface area contributed by atoms with Gasteiger partial charge in [-0.1, -0.05) is 12.1 Å². The van der Waals surface area contributed by atoms with Crippen LogP contribution in [0.5, 0.6) is 0 Å². The van der Waals surface area contributed by atoms with Crippen LogP contribution in [0.2, 0.25) is 0 Å². The maximum absolute atomic E-state index is 13.2. The number of rotatable bonds is 6. The van der Waals surface area contributed by atoms with Crippen LogP contribution in [0.4, 0.5) is 4.39 Å². The van der Waals surface area contributed by atoms with E-state index in [1.165, 1.54) is 17.8 Å². The van der Waals surface area contributed by atoms with Crippen LogP contribution < -0.4 is 10.9 Å². The lowest BCUT2D eigenvalue weighted by Gasteiger charge is -2.25. The van der Waals surface area contributed by atoms with Gasteiger partial charge in [-0.25, -0.2) is 14.8 Å². The zero-order chi connectivity index (χ0) is 17.9. The average Bonchev–Trinajstić information content (AvgIpc) is 3.36. The Morgan fingerprint density at radius 3 is 2.92 bits per heavy atom. The molecule has 0 amide bonds. The third kappa shape index (κ3) is 3.71. The van der Waals surface area contributed by atoms with Gasteiger partial charge in [-0.2, -0.15) is 0 Å². The number of benzene rings is 1. The Morgan fingerprint density at radius 1 is 1.31 bits per heavy atom. The molecule has 7 heteroatoms. The quantitative estimate of drug-likeness (QED) is 0.699. The van der Waals surface area contributed by atoms with E-state index in [0.29, 0.717) is 5.92 Å². The molecule has 1 aromatic carbocycles. The maximum Gasteiger partial charge on any atom is 0.193 e. The standard InChI is InChI=1S/C19H22FN5S/c1-24(13-17-3-2-9-25(17)19-21-8-10-26-19)12-15-11-22-23-18(15)14-4-6-16(20)7-5-14/h2-10,15,18,22-23H,11-13H2,1H3. The van der Waals surface area contributed by atoms with Gasteiger partial charge >= 0.3 is 0 Å². The summed E-state index contributed by atoms with van der Waals surface area (Å²) in [5.74, 6) is 0.213. The molecule has 2 aromatic heterocycles. The van der Waals surface area contributed by atoms with E-state index in [9.17, 15) is 4.39 Å². The summed E-state index contributed by atoms with van der Waals surface area (Å²) in [5, 5.41) is 2.98. The summed E-state index contributed by atoms with van der Waals surface area (Å²) in [7, 11) is 2.14. The van der Waals surface area contributed by atoms with Gasteiger partial charge in [-0.05, 0) is 36.9 Å². The molecule has 0 spiro atoms. The molecule has 0 aliphatic carbocycles. The van der Waals surface area contributed by atoms with E-state index >= 15 is 0 Å². The van der Waals surface area contributed by atoms with Crippen LogP contribution >= 0.6 is 11.3 Å². The first-order valence-corrected chi connectivity index (χ1v) is 9.57. The fourth-order valence-electron chi connectivity index (χ4n) is 3.54. The van der Waals surface area contributed by atoms with Gasteiger partial charge in [0, 0.05) is 49.0 Å². The zero-order valence-corrected chi connectivity index (χ0v) is 15.4. The third-order valence-corrected chi connectivity index (χ3v) is 5.53. The highest BCUT2D eigenvalue weighted by atomic mass is 32.1. The normalized spacial score (nSPS) is 20.1. The number of halogens is 1. The molecule has 1 aliphatic heterocycles. The Kier molecular flexibility index (Phi) is 5.12. The highest BCUT2D eigenvalue weighted by Gasteiger charge is 2.29. The van der Waals surface area contributed by atoms with Crippen molar-refractivity contribution in [2.75, 3.05) is 20.1 Å². The summed E-state index contributed by atoms with van der Waals surface area (Å²) >= 11 is 1.64. The molecule has 2 atom stereocenters. The molecule has 0 radical (unpaired) electrons. The minimum absolute atomic E-state index is 0.184. The van der Waals surface area contributed by atoms with Gasteiger partial charge in [0.05, 0.1) is 6.04 Å². The number of hydrazine groups is 1. The van der Waals surface area contributed by atoms with Crippen LogP contribution in [-0.2, 0) is 6.54 Å². The van der Waals surface area contributed by atoms with Crippen molar-refractivity contribution >= 4 is 11.3 Å². The van der Waals surface area contributed by atoms with Crippen molar-refractivity contribution in [2.24, 2.45) is 5.92 Å². The van der Waals surface area contributed by atoms with Gasteiger partial charge in [0.15, 0.2) is 5.13 Å². The number of nitrogens with zero attached hydrogens (tertiary/aromatic N) is 3. The molecule has 3 aromatic rings. The minimum Gasteiger partial charge on any atom is -0.300 e. The molecule has 2 unspecified atom stereocenters. The van der Waals surface area contributed by atoms with Crippen LogP contribution in [0, 0.1) is 11.7 Å². The average molecular weight is 371 g/mol. The maximum atomic E-state index is 13.2. The molecule has 0 saturated carbocycles. The molecule has 2 N–H and O–H groups in total. The molecular formula is C19H22FN5S. The first-order chi connectivity index (χ1) is 12.7. The molecule has 3 heterocycles. The zero-order valence-electron chi connectivity index (χ0n) is 14.6. The van der Waals surface area contributed by atoms with Crippen molar-refractivity contribution in [3.63, 3.8) is 0 Å². The topological polar surface area (TPSA) is 45.1 Å². The molecule has 26 heavy (non-hydrogen) atoms. The number of hydrogen-bond donors (Lipinski definition) is 2. The van der Waals surface area contributed by atoms with Crippen molar-refractivity contribution in [1.29, 1.82) is 0 Å². The van der Waals surface area contributed by atoms with Crippen LogP contribution in [0.15, 0.2) is 54.2 Å². The van der Waals surface area contributed by atoms with E-state index in [-0.39, 0.29) is 11.9 Å². The highest BCUT2D eigenvalue weighted by Crippen LogP contribution is 2.26. The summed E-state index contributed by atoms with van der Waals surface area (Å²) < 4.78 is 15.3. The molecule has 1 aliphatic rings. The van der Waals surface area contributed by atoms with Crippen molar-refractivity contribution in [1.82, 2.24) is 25.3 Å². The molecule has 4 rings (SSSR count). The molecule has 0 bridgehead atoms. The first kappa shape index (κ1) is 17.4. The summed E-state index contributed by atoms with van der Waals surface area (Å²) in [5.41, 5.74) is 8.91. The predicted octanol–water partition coefficient (Wildman–Crippen LogP) is 2.97. The van der Waals surface area contributed by atoms with Crippen molar-refractivity contribution in [2.45, 2.75) is 12.6 Å². The van der Waals surface area contributed by atoms with Crippen LogP contribution in [0.3, 0.4) is 0 Å². The largest absolute Gasteiger partial charge is 0.300 e. The van der Waals surface area contributed by atoms with Gasteiger partial charge in [0.1, 0.15) is 5.82 Å². The summed E-state index contributed by atoms with van der Waals surface area (Å²) in [6.07, 6.45) is 3.89. The molecule has 1 saturated heterocycles. The number of hydrogen-bond acceptors (Lipinski definition) is 5. The van der Waals surface area contributed by atoms with Crippen LogP contribution in [0.1, 0.15) is 17.3 Å². The first-order valence-electron chi connectivity index (χ1n) is 8.69. The lowest BCUT2D eigenvalue weighted by molar-refractivity contribution is 0.259. The number of nitrogens with one attached hydrogen (secondary N) is 2. The lowest BCUT2D eigenvalue weighted by atomic mass is 9.94. The van der Waals surface area contributed by atoms with Crippen molar-refractivity contribution in [3.05, 3.63) is 71.2 Å². The summed E-state index contributed by atoms with van der Waals surface area (Å²) in [6.45, 7) is 2.67. The second kappa shape index (κ2) is 7.67. The predicted molar refractivity (Wildman–Crippen MR) is 102 cm³/mol. The Hall–Kier alpha value is -2.06. The van der Waals surface area contributed by atoms with E-state index in [4.69, 9.17) is 0 Å². The van der Waals surface area contributed by atoms with Crippen LogP contribution in [-0.4, -0.2) is 34.6 Å². The minimum atomic E-state index is -0.198. The Morgan fingerprint density at radius 2 is 2.15 bits per heavy atom. The van der Waals surface area contributed by atoms with Gasteiger partial charge in [-0.3, -0.25) is 9.99 Å². The van der Waals surface area contributed by atoms with E-state index in [1.807, 2.05) is 23.7 Å². The van der Waals surface area contributed by atoms with Gasteiger partial charge < -0.3 is 4.90 Å². The fraction of sp³-hybridized carbons (Fsp3) is 0.316. The summed E-state index contributed by atoms with van der Waals surface area (Å²) in [4.78, 5) is 6.73. The number of thiazole rings is 1. The fourth-order valence-corrected chi connectivity index (χ4v) is 4.20. The van der Waals surface area contributed by atoms with E-state index < -0.39 is 0 Å². The van der Waals surface area contributed by atoms with Gasteiger partial charge in [0.2, 0.25) is 0 Å². The summed E-state index contributed by atoms with van der Waals surface area (Å²) in [6, 6.07) is 11.2.